The first kappa shape index (κ1) is 15.6. The molecule has 0 atom stereocenters. The highest BCUT2D eigenvalue weighted by atomic mass is 35.5. The van der Waals surface area contributed by atoms with Crippen LogP contribution in [-0.4, -0.2) is 19.7 Å². The minimum Gasteiger partial charge on any atom is -0.383 e. The maximum atomic E-state index is 6.23. The Morgan fingerprint density at radius 1 is 0.960 bits per heavy atom. The number of hydrogen-bond acceptors (Lipinski definition) is 4. The number of fused-ring (bicyclic) bond motifs is 1. The highest BCUT2D eigenvalue weighted by molar-refractivity contribution is 6.31. The Hall–Kier alpha value is -2.92. The van der Waals surface area contributed by atoms with Gasteiger partial charge < -0.3 is 5.73 Å². The third kappa shape index (κ3) is 3.32. The molecule has 4 aromatic rings. The van der Waals surface area contributed by atoms with Crippen molar-refractivity contribution in [1.29, 1.82) is 0 Å². The van der Waals surface area contributed by atoms with Crippen molar-refractivity contribution in [2.75, 3.05) is 5.73 Å². The normalized spacial score (nSPS) is 11.1. The van der Waals surface area contributed by atoms with E-state index in [1.54, 1.807) is 4.68 Å². The first-order chi connectivity index (χ1) is 12.2. The van der Waals surface area contributed by atoms with Crippen molar-refractivity contribution in [3.8, 4) is 0 Å². The maximum absolute atomic E-state index is 6.23. The number of benzene rings is 2. The highest BCUT2D eigenvalue weighted by Gasteiger charge is 2.11. The van der Waals surface area contributed by atoms with E-state index < -0.39 is 0 Å². The zero-order valence-electron chi connectivity index (χ0n) is 13.4. The highest BCUT2D eigenvalue weighted by Crippen LogP contribution is 2.20. The molecule has 0 amide bonds. The second-order valence-corrected chi connectivity index (χ2v) is 6.25. The summed E-state index contributed by atoms with van der Waals surface area (Å²) in [6.45, 7) is 0.559. The van der Waals surface area contributed by atoms with Gasteiger partial charge in [0.1, 0.15) is 11.6 Å². The van der Waals surface area contributed by atoms with Crippen LogP contribution in [-0.2, 0) is 13.0 Å². The molecule has 6 heteroatoms. The molecule has 25 heavy (non-hydrogen) atoms. The molecule has 0 fully saturated rings. The molecule has 2 aromatic carbocycles. The Balaban J connectivity index is 1.66. The lowest BCUT2D eigenvalue weighted by Gasteiger charge is -2.03. The average Bonchev–Trinajstić information content (AvgIpc) is 3.01. The van der Waals surface area contributed by atoms with Crippen LogP contribution in [0.4, 0.5) is 5.82 Å². The van der Waals surface area contributed by atoms with Crippen molar-refractivity contribution in [1.82, 2.24) is 19.7 Å². The van der Waals surface area contributed by atoms with Crippen LogP contribution in [0.3, 0.4) is 0 Å². The summed E-state index contributed by atoms with van der Waals surface area (Å²) in [7, 11) is 0. The number of nitrogens with two attached hydrogens (primary N) is 1. The van der Waals surface area contributed by atoms with Gasteiger partial charge in [-0.05, 0) is 17.2 Å². The number of nitrogen functional groups attached to an aromatic ring is 1. The third-order valence-electron chi connectivity index (χ3n) is 4.00. The number of halogens is 1. The van der Waals surface area contributed by atoms with Crippen LogP contribution < -0.4 is 5.73 Å². The Labute approximate surface area is 150 Å². The Kier molecular flexibility index (Phi) is 4.07. The molecule has 0 aliphatic heterocycles. The molecular weight excluding hydrogens is 334 g/mol. The first-order valence-corrected chi connectivity index (χ1v) is 8.34. The standard InChI is InChI=1S/C19H16ClN5/c20-16-9-5-4-8-14(16)11-25-12-15-18(21)22-17(23-19(15)24-25)10-13-6-2-1-3-7-13/h1-9,12H,10-11H2,(H2,21,22,23,24). The second kappa shape index (κ2) is 6.53. The number of anilines is 1. The van der Waals surface area contributed by atoms with Crippen molar-refractivity contribution < 1.29 is 0 Å². The Morgan fingerprint density at radius 2 is 1.72 bits per heavy atom. The summed E-state index contributed by atoms with van der Waals surface area (Å²) in [6.07, 6.45) is 2.48. The molecule has 124 valence electrons. The van der Waals surface area contributed by atoms with Gasteiger partial charge in [0.05, 0.1) is 11.9 Å². The Bertz CT molecular complexity index is 1030. The van der Waals surface area contributed by atoms with E-state index in [4.69, 9.17) is 17.3 Å². The number of rotatable bonds is 4. The minimum absolute atomic E-state index is 0.446. The van der Waals surface area contributed by atoms with Crippen molar-refractivity contribution in [2.45, 2.75) is 13.0 Å². The van der Waals surface area contributed by atoms with Crippen LogP contribution in [0.25, 0.3) is 11.0 Å². The molecule has 0 aliphatic carbocycles. The van der Waals surface area contributed by atoms with E-state index in [1.165, 1.54) is 0 Å². The van der Waals surface area contributed by atoms with Crippen LogP contribution >= 0.6 is 11.6 Å². The van der Waals surface area contributed by atoms with Gasteiger partial charge in [-0.25, -0.2) is 9.97 Å². The van der Waals surface area contributed by atoms with Gasteiger partial charge in [0.15, 0.2) is 5.65 Å². The van der Waals surface area contributed by atoms with Crippen molar-refractivity contribution >= 4 is 28.5 Å². The predicted molar refractivity (Wildman–Crippen MR) is 99.5 cm³/mol. The van der Waals surface area contributed by atoms with E-state index in [0.717, 1.165) is 16.5 Å². The average molecular weight is 350 g/mol. The van der Waals surface area contributed by atoms with Crippen molar-refractivity contribution in [3.63, 3.8) is 0 Å². The van der Waals surface area contributed by atoms with Crippen LogP contribution in [0, 0.1) is 0 Å². The topological polar surface area (TPSA) is 69.6 Å². The molecule has 0 saturated heterocycles. The molecule has 0 bridgehead atoms. The van der Waals surface area contributed by atoms with Crippen molar-refractivity contribution in [3.05, 3.63) is 82.8 Å². The summed E-state index contributed by atoms with van der Waals surface area (Å²) in [6, 6.07) is 17.8. The fraction of sp³-hybridized carbons (Fsp3) is 0.105. The molecule has 0 saturated carbocycles. The lowest BCUT2D eigenvalue weighted by atomic mass is 10.1. The molecule has 0 spiro atoms. The van der Waals surface area contributed by atoms with Gasteiger partial charge in [-0.1, -0.05) is 60.1 Å². The monoisotopic (exact) mass is 349 g/mol. The molecule has 0 radical (unpaired) electrons. The van der Waals surface area contributed by atoms with Gasteiger partial charge in [0.25, 0.3) is 0 Å². The van der Waals surface area contributed by atoms with E-state index in [-0.39, 0.29) is 0 Å². The fourth-order valence-electron chi connectivity index (χ4n) is 2.76. The van der Waals surface area contributed by atoms with Gasteiger partial charge in [-0.2, -0.15) is 5.10 Å². The third-order valence-corrected chi connectivity index (χ3v) is 4.37. The Morgan fingerprint density at radius 3 is 2.52 bits per heavy atom. The number of aromatic nitrogens is 4. The van der Waals surface area contributed by atoms with Gasteiger partial charge >= 0.3 is 0 Å². The molecule has 2 N–H and O–H groups in total. The van der Waals surface area contributed by atoms with Crippen LogP contribution in [0.15, 0.2) is 60.8 Å². The molecule has 4 rings (SSSR count). The van der Waals surface area contributed by atoms with E-state index in [2.05, 4.69) is 15.1 Å². The van der Waals surface area contributed by atoms with Crippen molar-refractivity contribution in [2.24, 2.45) is 0 Å². The molecule has 2 aromatic heterocycles. The first-order valence-electron chi connectivity index (χ1n) is 7.96. The summed E-state index contributed by atoms with van der Waals surface area (Å²) in [5, 5.41) is 6.01. The quantitative estimate of drug-likeness (QED) is 0.610. The molecule has 2 heterocycles. The van der Waals surface area contributed by atoms with E-state index in [1.807, 2.05) is 60.8 Å². The minimum atomic E-state index is 0.446. The van der Waals surface area contributed by atoms with Gasteiger partial charge in [-0.3, -0.25) is 4.68 Å². The van der Waals surface area contributed by atoms with E-state index in [9.17, 15) is 0 Å². The van der Waals surface area contributed by atoms with E-state index in [0.29, 0.717) is 35.3 Å². The molecule has 5 nitrogen and oxygen atoms in total. The van der Waals surface area contributed by atoms with Crippen LogP contribution in [0.2, 0.25) is 5.02 Å². The summed E-state index contributed by atoms with van der Waals surface area (Å²) < 4.78 is 1.79. The zero-order valence-corrected chi connectivity index (χ0v) is 14.2. The summed E-state index contributed by atoms with van der Waals surface area (Å²) in [5.41, 5.74) is 8.85. The lowest BCUT2D eigenvalue weighted by molar-refractivity contribution is 0.693. The predicted octanol–water partition coefficient (Wildman–Crippen LogP) is 3.70. The van der Waals surface area contributed by atoms with E-state index >= 15 is 0 Å². The summed E-state index contributed by atoms with van der Waals surface area (Å²) in [4.78, 5) is 8.98. The van der Waals surface area contributed by atoms with Crippen LogP contribution in [0.1, 0.15) is 17.0 Å². The number of hydrogen-bond donors (Lipinski definition) is 1. The largest absolute Gasteiger partial charge is 0.383 e. The summed E-state index contributed by atoms with van der Waals surface area (Å²) >= 11 is 6.23. The molecule has 0 aliphatic rings. The van der Waals surface area contributed by atoms with Crippen LogP contribution in [0.5, 0.6) is 0 Å². The lowest BCUT2D eigenvalue weighted by Crippen LogP contribution is -2.02. The fourth-order valence-corrected chi connectivity index (χ4v) is 2.96. The zero-order chi connectivity index (χ0) is 17.2. The second-order valence-electron chi connectivity index (χ2n) is 5.84. The maximum Gasteiger partial charge on any atom is 0.186 e. The summed E-state index contributed by atoms with van der Waals surface area (Å²) in [5.74, 6) is 1.11. The number of nitrogens with zero attached hydrogens (tertiary/aromatic N) is 4. The van der Waals surface area contributed by atoms with Gasteiger partial charge in [-0.15, -0.1) is 0 Å². The molecule has 0 unspecified atom stereocenters. The molecular formula is C19H16ClN5. The van der Waals surface area contributed by atoms with Gasteiger partial charge in [0.2, 0.25) is 0 Å². The smallest absolute Gasteiger partial charge is 0.186 e. The SMILES string of the molecule is Nc1nc(Cc2ccccc2)nc2nn(Cc3ccccc3Cl)cc12. The van der Waals surface area contributed by atoms with Gasteiger partial charge in [0, 0.05) is 17.6 Å².